The second-order valence-electron chi connectivity index (χ2n) is 10.4. The Morgan fingerprint density at radius 2 is 1.42 bits per heavy atom. The van der Waals surface area contributed by atoms with Crippen LogP contribution in [0, 0.1) is 0 Å². The first-order chi connectivity index (χ1) is 20.5. The molecule has 43 heavy (non-hydrogen) atoms. The number of rotatable bonds is 16. The number of benzene rings is 3. The molecule has 3 aromatic rings. The molecule has 0 aliphatic rings. The molecule has 0 aliphatic heterocycles. The number of carboxylic acids is 2. The number of aromatic carboxylic acids is 1. The molecule has 3 aromatic carbocycles. The smallest absolute Gasteiger partial charge is 0.335 e. The number of aryl methyl sites for hydroxylation is 1. The Kier molecular flexibility index (Phi) is 12.2. The van der Waals surface area contributed by atoms with Gasteiger partial charge < -0.3 is 31.3 Å². The van der Waals surface area contributed by atoms with E-state index in [0.717, 1.165) is 11.1 Å². The van der Waals surface area contributed by atoms with Crippen molar-refractivity contribution in [1.29, 1.82) is 0 Å². The van der Waals surface area contributed by atoms with Gasteiger partial charge in [0.05, 0.1) is 17.6 Å². The van der Waals surface area contributed by atoms with Crippen molar-refractivity contribution in [2.45, 2.75) is 57.3 Å². The average molecular weight is 591 g/mol. The molecule has 11 heteroatoms. The molecule has 7 N–H and O–H groups in total. The van der Waals surface area contributed by atoms with Gasteiger partial charge in [-0.1, -0.05) is 42.5 Å². The van der Waals surface area contributed by atoms with Crippen molar-refractivity contribution in [3.8, 4) is 5.75 Å². The van der Waals surface area contributed by atoms with Crippen LogP contribution >= 0.6 is 0 Å². The van der Waals surface area contributed by atoms with Crippen LogP contribution in [0.5, 0.6) is 5.75 Å². The number of phenols is 1. The number of anilines is 1. The summed E-state index contributed by atoms with van der Waals surface area (Å²) in [6.45, 7) is 3.59. The standard InChI is InChI=1S/C32H38N4O7/c1-20(34-29(38)21(2)35-27(32(42)43)17-10-22-6-4-3-5-7-22)19-33-28(18-23-8-15-26(37)16-9-23)30(39)36-25-13-11-24(12-14-25)31(40)41/h3-9,11-16,20-21,27-28,33,35,37H,10,17-19H2,1-2H3,(H,34,38)(H,36,39)(H,40,41)(H,42,43)/t20?,21-,27?,28?/m0/s1. The zero-order valence-electron chi connectivity index (χ0n) is 24.1. The maximum Gasteiger partial charge on any atom is 0.335 e. The van der Waals surface area contributed by atoms with Crippen molar-refractivity contribution < 1.29 is 34.5 Å². The molecule has 0 bridgehead atoms. The van der Waals surface area contributed by atoms with E-state index in [1.165, 1.54) is 36.4 Å². The van der Waals surface area contributed by atoms with Gasteiger partial charge in [0.25, 0.3) is 0 Å². The van der Waals surface area contributed by atoms with E-state index in [0.29, 0.717) is 18.5 Å². The Morgan fingerprint density at radius 1 is 0.767 bits per heavy atom. The van der Waals surface area contributed by atoms with Crippen LogP contribution < -0.4 is 21.3 Å². The van der Waals surface area contributed by atoms with E-state index in [9.17, 15) is 29.4 Å². The summed E-state index contributed by atoms with van der Waals surface area (Å²) in [5.74, 6) is -2.76. The molecule has 0 saturated heterocycles. The van der Waals surface area contributed by atoms with Gasteiger partial charge in [0.2, 0.25) is 11.8 Å². The minimum atomic E-state index is -1.07. The lowest BCUT2D eigenvalue weighted by Crippen LogP contribution is -2.53. The number of amides is 2. The summed E-state index contributed by atoms with van der Waals surface area (Å²) >= 11 is 0. The fourth-order valence-corrected chi connectivity index (χ4v) is 4.40. The number of hydrogen-bond acceptors (Lipinski definition) is 7. The number of carbonyl (C=O) groups excluding carboxylic acids is 2. The Balaban J connectivity index is 1.57. The van der Waals surface area contributed by atoms with E-state index in [-0.39, 0.29) is 36.1 Å². The number of phenolic OH excluding ortho intramolecular Hbond substituents is 1. The normalized spacial score (nSPS) is 13.7. The van der Waals surface area contributed by atoms with Crippen molar-refractivity contribution in [3.63, 3.8) is 0 Å². The first-order valence-corrected chi connectivity index (χ1v) is 14.0. The Labute approximate surface area is 250 Å². The van der Waals surface area contributed by atoms with Crippen molar-refractivity contribution in [1.82, 2.24) is 16.0 Å². The fourth-order valence-electron chi connectivity index (χ4n) is 4.40. The third-order valence-electron chi connectivity index (χ3n) is 6.86. The van der Waals surface area contributed by atoms with E-state index in [1.54, 1.807) is 26.0 Å². The molecule has 2 amide bonds. The lowest BCUT2D eigenvalue weighted by Gasteiger charge is -2.24. The number of carbonyl (C=O) groups is 4. The van der Waals surface area contributed by atoms with Crippen LogP contribution in [0.4, 0.5) is 5.69 Å². The second-order valence-corrected chi connectivity index (χ2v) is 10.4. The molecule has 228 valence electrons. The molecule has 0 saturated carbocycles. The molecule has 3 unspecified atom stereocenters. The summed E-state index contributed by atoms with van der Waals surface area (Å²) in [6, 6.07) is 18.9. The van der Waals surface area contributed by atoms with E-state index in [2.05, 4.69) is 21.3 Å². The van der Waals surface area contributed by atoms with Crippen molar-refractivity contribution in [2.75, 3.05) is 11.9 Å². The van der Waals surface area contributed by atoms with Gasteiger partial charge in [0, 0.05) is 18.3 Å². The number of hydrogen-bond donors (Lipinski definition) is 7. The van der Waals surface area contributed by atoms with Crippen LogP contribution in [-0.2, 0) is 27.2 Å². The third-order valence-corrected chi connectivity index (χ3v) is 6.86. The van der Waals surface area contributed by atoms with Crippen LogP contribution in [-0.4, -0.2) is 69.8 Å². The largest absolute Gasteiger partial charge is 0.508 e. The fraction of sp³-hybridized carbons (Fsp3) is 0.312. The van der Waals surface area contributed by atoms with Gasteiger partial charge in [0.15, 0.2) is 0 Å². The van der Waals surface area contributed by atoms with Gasteiger partial charge >= 0.3 is 11.9 Å². The molecule has 0 spiro atoms. The molecular weight excluding hydrogens is 552 g/mol. The highest BCUT2D eigenvalue weighted by atomic mass is 16.4. The van der Waals surface area contributed by atoms with Gasteiger partial charge in [-0.25, -0.2) is 4.79 Å². The Bertz CT molecular complexity index is 1360. The van der Waals surface area contributed by atoms with E-state index < -0.39 is 36.1 Å². The molecule has 0 aromatic heterocycles. The molecule has 0 aliphatic carbocycles. The summed E-state index contributed by atoms with van der Waals surface area (Å²) < 4.78 is 0. The maximum absolute atomic E-state index is 13.2. The van der Waals surface area contributed by atoms with Crippen LogP contribution in [0.15, 0.2) is 78.9 Å². The number of nitrogens with one attached hydrogen (secondary N) is 4. The van der Waals surface area contributed by atoms with Gasteiger partial charge in [0.1, 0.15) is 11.8 Å². The van der Waals surface area contributed by atoms with E-state index in [4.69, 9.17) is 5.11 Å². The maximum atomic E-state index is 13.2. The van der Waals surface area contributed by atoms with Crippen molar-refractivity contribution in [2.24, 2.45) is 0 Å². The molecule has 11 nitrogen and oxygen atoms in total. The monoisotopic (exact) mass is 590 g/mol. The number of aromatic hydroxyl groups is 1. The second kappa shape index (κ2) is 16.0. The number of aliphatic carboxylic acids is 1. The molecule has 0 fully saturated rings. The predicted octanol–water partition coefficient (Wildman–Crippen LogP) is 2.80. The lowest BCUT2D eigenvalue weighted by molar-refractivity contribution is -0.140. The first-order valence-electron chi connectivity index (χ1n) is 14.0. The topological polar surface area (TPSA) is 177 Å². The number of carboxylic acid groups (broad SMARTS) is 2. The van der Waals surface area contributed by atoms with Crippen molar-refractivity contribution >= 4 is 29.4 Å². The lowest BCUT2D eigenvalue weighted by atomic mass is 10.0. The Hall–Kier alpha value is -4.74. The predicted molar refractivity (Wildman–Crippen MR) is 162 cm³/mol. The van der Waals surface area contributed by atoms with Crippen molar-refractivity contribution in [3.05, 3.63) is 95.6 Å². The van der Waals surface area contributed by atoms with Gasteiger partial charge in [-0.3, -0.25) is 19.7 Å². The summed E-state index contributed by atoms with van der Waals surface area (Å²) in [7, 11) is 0. The molecule has 4 atom stereocenters. The molecule has 0 heterocycles. The minimum Gasteiger partial charge on any atom is -0.508 e. The summed E-state index contributed by atoms with van der Waals surface area (Å²) in [4.78, 5) is 49.0. The molecule has 0 radical (unpaired) electrons. The SMILES string of the molecule is CC(CNC(Cc1ccc(O)cc1)C(=O)Nc1ccc(C(=O)O)cc1)NC(=O)[C@H](C)NC(CCc1ccccc1)C(=O)O. The quantitative estimate of drug-likeness (QED) is 0.132. The van der Waals surface area contributed by atoms with Crippen LogP contribution in [0.3, 0.4) is 0 Å². The summed E-state index contributed by atoms with van der Waals surface area (Å²) in [6.07, 6.45) is 1.15. The minimum absolute atomic E-state index is 0.0934. The highest BCUT2D eigenvalue weighted by Gasteiger charge is 2.25. The van der Waals surface area contributed by atoms with E-state index in [1.807, 2.05) is 30.3 Å². The molecular formula is C32H38N4O7. The Morgan fingerprint density at radius 3 is 2.02 bits per heavy atom. The van der Waals surface area contributed by atoms with Crippen LogP contribution in [0.1, 0.15) is 41.8 Å². The summed E-state index contributed by atoms with van der Waals surface area (Å²) in [5.41, 5.74) is 2.32. The zero-order chi connectivity index (χ0) is 31.4. The van der Waals surface area contributed by atoms with Gasteiger partial charge in [-0.2, -0.15) is 0 Å². The zero-order valence-corrected chi connectivity index (χ0v) is 24.1. The van der Waals surface area contributed by atoms with Gasteiger partial charge in [-0.15, -0.1) is 0 Å². The highest BCUT2D eigenvalue weighted by molar-refractivity contribution is 5.96. The van der Waals surface area contributed by atoms with Gasteiger partial charge in [-0.05, 0) is 80.6 Å². The average Bonchev–Trinajstić information content (AvgIpc) is 2.98. The van der Waals surface area contributed by atoms with Crippen LogP contribution in [0.25, 0.3) is 0 Å². The third kappa shape index (κ3) is 10.9. The summed E-state index contributed by atoms with van der Waals surface area (Å²) in [5, 5.41) is 40.1. The molecule has 3 rings (SSSR count). The highest BCUT2D eigenvalue weighted by Crippen LogP contribution is 2.14. The van der Waals surface area contributed by atoms with Crippen LogP contribution in [0.2, 0.25) is 0 Å². The van der Waals surface area contributed by atoms with E-state index >= 15 is 0 Å². The first kappa shape index (κ1) is 32.8.